The van der Waals surface area contributed by atoms with Gasteiger partial charge in [-0.1, -0.05) is 11.6 Å². The highest BCUT2D eigenvalue weighted by Gasteiger charge is 2.43. The molecule has 4 amide bonds. The summed E-state index contributed by atoms with van der Waals surface area (Å²) in [4.78, 5) is 49.7. The van der Waals surface area contributed by atoms with Crippen LogP contribution in [0.15, 0.2) is 6.07 Å². The van der Waals surface area contributed by atoms with E-state index in [2.05, 4.69) is 16.0 Å². The number of rotatable bonds is 6. The summed E-state index contributed by atoms with van der Waals surface area (Å²) in [6.45, 7) is 0.546. The smallest absolute Gasteiger partial charge is 0.407 e. The summed E-state index contributed by atoms with van der Waals surface area (Å²) in [5.74, 6) is -2.74. The van der Waals surface area contributed by atoms with Crippen molar-refractivity contribution in [2.45, 2.75) is 76.1 Å². The highest BCUT2D eigenvalue weighted by molar-refractivity contribution is 6.32. The first-order chi connectivity index (χ1) is 16.8. The molecule has 0 aromatic heterocycles. The van der Waals surface area contributed by atoms with Gasteiger partial charge in [-0.2, -0.15) is 13.2 Å². The average Bonchev–Trinajstić information content (AvgIpc) is 3.10. The second-order valence-corrected chi connectivity index (χ2v) is 9.47. The van der Waals surface area contributed by atoms with Crippen LogP contribution in [-0.2, 0) is 27.4 Å². The van der Waals surface area contributed by atoms with Crippen LogP contribution in [0.5, 0.6) is 0 Å². The molecule has 0 spiro atoms. The second kappa shape index (κ2) is 9.85. The van der Waals surface area contributed by atoms with Gasteiger partial charge in [0, 0.05) is 41.7 Å². The number of hydrogen-bond acceptors (Lipinski definition) is 6. The number of nitrogens with one attached hydrogen (secondary N) is 3. The molecular formula is C22H23ClF4N4O5. The molecule has 196 valence electrons. The number of nitrogens with zero attached hydrogens (tertiary/aromatic N) is 1. The van der Waals surface area contributed by atoms with Gasteiger partial charge in [-0.3, -0.25) is 19.7 Å². The van der Waals surface area contributed by atoms with E-state index in [4.69, 9.17) is 16.3 Å². The summed E-state index contributed by atoms with van der Waals surface area (Å²) in [6.07, 6.45) is -5.28. The van der Waals surface area contributed by atoms with Crippen molar-refractivity contribution in [3.8, 4) is 0 Å². The summed E-state index contributed by atoms with van der Waals surface area (Å²) in [5, 5.41) is 7.00. The fourth-order valence-electron chi connectivity index (χ4n) is 4.45. The Kier molecular flexibility index (Phi) is 7.15. The van der Waals surface area contributed by atoms with Crippen molar-refractivity contribution in [3.63, 3.8) is 0 Å². The Bertz CT molecular complexity index is 1110. The van der Waals surface area contributed by atoms with E-state index in [1.54, 1.807) is 0 Å². The molecule has 36 heavy (non-hydrogen) atoms. The monoisotopic (exact) mass is 534 g/mol. The van der Waals surface area contributed by atoms with Gasteiger partial charge in [0.2, 0.25) is 11.8 Å². The van der Waals surface area contributed by atoms with Gasteiger partial charge < -0.3 is 20.3 Å². The van der Waals surface area contributed by atoms with Crippen LogP contribution in [-0.4, -0.2) is 59.1 Å². The van der Waals surface area contributed by atoms with Crippen molar-refractivity contribution in [2.75, 3.05) is 0 Å². The Labute approximate surface area is 207 Å². The highest BCUT2D eigenvalue weighted by Crippen LogP contribution is 2.35. The Morgan fingerprint density at radius 1 is 1.31 bits per heavy atom. The van der Waals surface area contributed by atoms with E-state index in [9.17, 15) is 32.3 Å². The molecular weight excluding hydrogens is 512 g/mol. The molecule has 1 saturated carbocycles. The molecule has 1 saturated heterocycles. The number of carbonyl (C=O) groups is 4. The van der Waals surface area contributed by atoms with Crippen LogP contribution < -0.4 is 16.0 Å². The minimum absolute atomic E-state index is 0.0448. The molecule has 0 bridgehead atoms. The number of halogens is 5. The lowest BCUT2D eigenvalue weighted by molar-refractivity contribution is -0.156. The summed E-state index contributed by atoms with van der Waals surface area (Å²) in [7, 11) is 0. The lowest BCUT2D eigenvalue weighted by Crippen LogP contribution is -2.53. The Morgan fingerprint density at radius 2 is 2.00 bits per heavy atom. The molecule has 2 fully saturated rings. The van der Waals surface area contributed by atoms with Crippen LogP contribution in [0.25, 0.3) is 0 Å². The van der Waals surface area contributed by atoms with Crippen molar-refractivity contribution >= 4 is 35.4 Å². The number of alkyl halides is 3. The minimum atomic E-state index is -4.37. The number of alkyl carbamates (subject to hydrolysis) is 1. The zero-order valence-corrected chi connectivity index (χ0v) is 19.8. The Balaban J connectivity index is 1.33. The van der Waals surface area contributed by atoms with Crippen LogP contribution >= 0.6 is 11.6 Å². The Morgan fingerprint density at radius 3 is 2.64 bits per heavy atom. The lowest BCUT2D eigenvalue weighted by atomic mass is 9.88. The Hall–Kier alpha value is -2.93. The maximum absolute atomic E-state index is 15.2. The van der Waals surface area contributed by atoms with Gasteiger partial charge in [0.15, 0.2) is 0 Å². The summed E-state index contributed by atoms with van der Waals surface area (Å²) in [5.41, 5.74) is -0.179. The van der Waals surface area contributed by atoms with Gasteiger partial charge in [0.1, 0.15) is 24.0 Å². The number of amides is 4. The molecule has 2 heterocycles. The van der Waals surface area contributed by atoms with Crippen molar-refractivity contribution < 1.29 is 41.5 Å². The molecule has 2 atom stereocenters. The van der Waals surface area contributed by atoms with Gasteiger partial charge in [-0.25, -0.2) is 9.18 Å². The fourth-order valence-corrected chi connectivity index (χ4v) is 4.73. The van der Waals surface area contributed by atoms with Crippen LogP contribution in [0.1, 0.15) is 54.1 Å². The van der Waals surface area contributed by atoms with Crippen LogP contribution in [0.2, 0.25) is 5.02 Å². The molecule has 0 radical (unpaired) electrons. The van der Waals surface area contributed by atoms with Crippen LogP contribution in [0.4, 0.5) is 22.4 Å². The van der Waals surface area contributed by atoms with Gasteiger partial charge in [-0.05, 0) is 32.3 Å². The van der Waals surface area contributed by atoms with E-state index in [0.717, 1.165) is 11.8 Å². The number of benzene rings is 1. The maximum atomic E-state index is 15.2. The van der Waals surface area contributed by atoms with Crippen molar-refractivity contribution in [1.82, 2.24) is 20.9 Å². The first-order valence-electron chi connectivity index (χ1n) is 11.3. The SMILES string of the molecule is CC(NC1CC(OC(=O)NCc2cc(Cl)c3c(c2F)C(=O)N(C2CCC(=O)NC2=O)C3)C1)C(F)(F)F. The highest BCUT2D eigenvalue weighted by atomic mass is 35.5. The van der Waals surface area contributed by atoms with Gasteiger partial charge in [-0.15, -0.1) is 0 Å². The molecule has 3 aliphatic rings. The van der Waals surface area contributed by atoms with Crippen molar-refractivity contribution in [2.24, 2.45) is 0 Å². The zero-order chi connectivity index (χ0) is 26.4. The van der Waals surface area contributed by atoms with Crippen molar-refractivity contribution in [3.05, 3.63) is 33.6 Å². The van der Waals surface area contributed by atoms with E-state index >= 15 is 4.39 Å². The quantitative estimate of drug-likeness (QED) is 0.381. The van der Waals surface area contributed by atoms with Gasteiger partial charge in [0.25, 0.3) is 5.91 Å². The molecule has 1 aliphatic carbocycles. The largest absolute Gasteiger partial charge is 0.446 e. The number of piperidine rings is 1. The fraction of sp³-hybridized carbons (Fsp3) is 0.545. The number of fused-ring (bicyclic) bond motifs is 1. The van der Waals surface area contributed by atoms with E-state index in [1.165, 1.54) is 6.07 Å². The molecule has 1 aromatic rings. The molecule has 3 N–H and O–H groups in total. The van der Waals surface area contributed by atoms with E-state index < -0.39 is 60.0 Å². The standard InChI is InChI=1S/C22H23ClF4N4O5/c1-9(22(25,26)27)29-11-5-12(6-11)36-21(35)28-7-10-4-14(23)13-8-31(20(34)17(13)18(10)24)15-2-3-16(32)30-19(15)33/h4,9,11-12,15,29H,2-3,5-8H2,1H3,(H,28,35)(H,30,32,33). The number of ether oxygens (including phenoxy) is 1. The minimum Gasteiger partial charge on any atom is -0.446 e. The molecule has 1 aromatic carbocycles. The first kappa shape index (κ1) is 26.1. The third-order valence-electron chi connectivity index (χ3n) is 6.55. The van der Waals surface area contributed by atoms with Crippen molar-refractivity contribution in [1.29, 1.82) is 0 Å². The van der Waals surface area contributed by atoms with Gasteiger partial charge >= 0.3 is 12.3 Å². The maximum Gasteiger partial charge on any atom is 0.407 e. The summed E-state index contributed by atoms with van der Waals surface area (Å²) in [6, 6.07) is -1.79. The molecule has 2 aliphatic heterocycles. The molecule has 9 nitrogen and oxygen atoms in total. The third-order valence-corrected chi connectivity index (χ3v) is 6.89. The predicted octanol–water partition coefficient (Wildman–Crippen LogP) is 2.54. The predicted molar refractivity (Wildman–Crippen MR) is 116 cm³/mol. The van der Waals surface area contributed by atoms with Gasteiger partial charge in [0.05, 0.1) is 5.56 Å². The summed E-state index contributed by atoms with van der Waals surface area (Å²) < 4.78 is 58.2. The average molecular weight is 535 g/mol. The van der Waals surface area contributed by atoms with Crippen LogP contribution in [0, 0.1) is 5.82 Å². The number of carbonyl (C=O) groups excluding carboxylic acids is 4. The number of imide groups is 1. The number of hydrogen-bond donors (Lipinski definition) is 3. The second-order valence-electron chi connectivity index (χ2n) is 9.06. The van der Waals surface area contributed by atoms with E-state index in [1.807, 2.05) is 0 Å². The zero-order valence-electron chi connectivity index (χ0n) is 19.0. The first-order valence-corrected chi connectivity index (χ1v) is 11.6. The lowest BCUT2D eigenvalue weighted by Gasteiger charge is -2.37. The molecule has 2 unspecified atom stereocenters. The van der Waals surface area contributed by atoms with E-state index in [0.29, 0.717) is 0 Å². The third kappa shape index (κ3) is 5.26. The summed E-state index contributed by atoms with van der Waals surface area (Å²) >= 11 is 6.27. The topological polar surface area (TPSA) is 117 Å². The van der Waals surface area contributed by atoms with E-state index in [-0.39, 0.29) is 60.5 Å². The van der Waals surface area contributed by atoms with Crippen LogP contribution in [0.3, 0.4) is 0 Å². The molecule has 4 rings (SSSR count). The molecule has 14 heteroatoms. The normalized spacial score (nSPS) is 24.7.